The molecule has 9 nitrogen and oxygen atoms in total. The average Bonchev–Trinajstić information content (AvgIpc) is 3.66. The number of anilines is 3. The number of thioether (sulfide) groups is 1. The summed E-state index contributed by atoms with van der Waals surface area (Å²) < 4.78 is 5.26. The van der Waals surface area contributed by atoms with Gasteiger partial charge in [-0.3, -0.25) is 14.4 Å². The standard InChI is InChI=1S/C42H37N5O4S2/c1-47(2)33-21-17-28(18-22-33)25-36(44-39(48)31-13-8-5-9-14-31)40(49)43-32-15-10-16-35(26-32)53-38(30-11-6-4-7-12-30)41(50)46-42-45-37(27-52-42)29-19-23-34(51-3)24-20-29/h4-27,38H,1-3H3,(H,43,49)(H,44,48)(H,45,46,50)/b36-25+. The van der Waals surface area contributed by atoms with Crippen LogP contribution >= 0.6 is 23.1 Å². The molecule has 3 amide bonds. The van der Waals surface area contributed by atoms with E-state index in [1.54, 1.807) is 49.6 Å². The van der Waals surface area contributed by atoms with Crippen molar-refractivity contribution in [2.45, 2.75) is 10.1 Å². The monoisotopic (exact) mass is 739 g/mol. The summed E-state index contributed by atoms with van der Waals surface area (Å²) in [6.07, 6.45) is 1.64. The summed E-state index contributed by atoms with van der Waals surface area (Å²) in [6, 6.07) is 40.7. The maximum absolute atomic E-state index is 13.8. The number of hydrogen-bond donors (Lipinski definition) is 3. The van der Waals surface area contributed by atoms with Gasteiger partial charge in [0.1, 0.15) is 16.7 Å². The highest BCUT2D eigenvalue weighted by molar-refractivity contribution is 8.00. The Morgan fingerprint density at radius 3 is 2.19 bits per heavy atom. The molecule has 11 heteroatoms. The first-order valence-corrected chi connectivity index (χ1v) is 18.4. The number of methoxy groups -OCH3 is 1. The van der Waals surface area contributed by atoms with Crippen LogP contribution in [0.15, 0.2) is 149 Å². The molecule has 53 heavy (non-hydrogen) atoms. The van der Waals surface area contributed by atoms with Gasteiger partial charge in [-0.1, -0.05) is 66.7 Å². The topological polar surface area (TPSA) is 113 Å². The quantitative estimate of drug-likeness (QED) is 0.0802. The molecule has 0 spiro atoms. The third-order valence-corrected chi connectivity index (χ3v) is 10.1. The number of carbonyl (C=O) groups is 3. The molecule has 1 atom stereocenters. The Kier molecular flexibility index (Phi) is 12.0. The largest absolute Gasteiger partial charge is 0.497 e. The molecule has 0 aliphatic rings. The van der Waals surface area contributed by atoms with E-state index in [4.69, 9.17) is 4.74 Å². The van der Waals surface area contributed by atoms with Gasteiger partial charge >= 0.3 is 0 Å². The maximum atomic E-state index is 13.8. The first kappa shape index (κ1) is 36.6. The normalized spacial score (nSPS) is 11.6. The minimum atomic E-state index is -0.624. The van der Waals surface area contributed by atoms with E-state index in [9.17, 15) is 14.4 Å². The van der Waals surface area contributed by atoms with Gasteiger partial charge in [0.25, 0.3) is 11.8 Å². The van der Waals surface area contributed by atoms with Gasteiger partial charge in [0.05, 0.1) is 12.8 Å². The van der Waals surface area contributed by atoms with Crippen molar-refractivity contribution in [2.24, 2.45) is 0 Å². The molecule has 1 unspecified atom stereocenters. The van der Waals surface area contributed by atoms with Crippen LogP contribution in [0.1, 0.15) is 26.7 Å². The summed E-state index contributed by atoms with van der Waals surface area (Å²) in [5, 5.41) is 10.5. The van der Waals surface area contributed by atoms with Gasteiger partial charge in [-0.05, 0) is 83.9 Å². The Balaban J connectivity index is 1.20. The molecule has 0 fully saturated rings. The number of ether oxygens (including phenoxy) is 1. The fourth-order valence-electron chi connectivity index (χ4n) is 5.26. The number of thiazole rings is 1. The smallest absolute Gasteiger partial charge is 0.272 e. The third kappa shape index (κ3) is 9.79. The van der Waals surface area contributed by atoms with Crippen molar-refractivity contribution >= 4 is 63.4 Å². The molecule has 6 aromatic rings. The fourth-order valence-corrected chi connectivity index (χ4v) is 7.06. The van der Waals surface area contributed by atoms with Crippen LogP contribution in [0.5, 0.6) is 5.75 Å². The second kappa shape index (κ2) is 17.4. The van der Waals surface area contributed by atoms with E-state index in [2.05, 4.69) is 20.9 Å². The zero-order valence-corrected chi connectivity index (χ0v) is 30.9. The first-order valence-electron chi connectivity index (χ1n) is 16.6. The molecule has 5 aromatic carbocycles. The van der Waals surface area contributed by atoms with Crippen molar-refractivity contribution in [3.8, 4) is 17.0 Å². The van der Waals surface area contributed by atoms with Crippen molar-refractivity contribution in [2.75, 3.05) is 36.7 Å². The summed E-state index contributed by atoms with van der Waals surface area (Å²) in [4.78, 5) is 48.2. The molecule has 0 saturated carbocycles. The zero-order chi connectivity index (χ0) is 37.2. The molecule has 0 aliphatic carbocycles. The van der Waals surface area contributed by atoms with Crippen LogP contribution in [0.3, 0.4) is 0 Å². The van der Waals surface area contributed by atoms with Crippen molar-refractivity contribution in [1.82, 2.24) is 10.3 Å². The van der Waals surface area contributed by atoms with E-state index in [1.165, 1.54) is 23.1 Å². The summed E-state index contributed by atoms with van der Waals surface area (Å²) in [7, 11) is 5.52. The fraction of sp³-hybridized carbons (Fsp3) is 0.0952. The number of amides is 3. The molecule has 0 aliphatic heterocycles. The van der Waals surface area contributed by atoms with Gasteiger partial charge in [-0.25, -0.2) is 4.98 Å². The highest BCUT2D eigenvalue weighted by Crippen LogP contribution is 2.38. The van der Waals surface area contributed by atoms with Crippen molar-refractivity contribution in [3.05, 3.63) is 161 Å². The predicted octanol–water partition coefficient (Wildman–Crippen LogP) is 8.77. The van der Waals surface area contributed by atoms with E-state index in [0.29, 0.717) is 16.4 Å². The van der Waals surface area contributed by atoms with Gasteiger partial charge in [0.15, 0.2) is 5.13 Å². The second-order valence-corrected chi connectivity index (χ2v) is 14.0. The highest BCUT2D eigenvalue weighted by atomic mass is 32.2. The summed E-state index contributed by atoms with van der Waals surface area (Å²) in [5.74, 6) is -0.391. The molecule has 1 heterocycles. The summed E-state index contributed by atoms with van der Waals surface area (Å²) in [5.41, 5.74) is 5.22. The summed E-state index contributed by atoms with van der Waals surface area (Å²) in [6.45, 7) is 0. The van der Waals surface area contributed by atoms with E-state index in [0.717, 1.165) is 38.7 Å². The number of rotatable bonds is 13. The Bertz CT molecular complexity index is 2200. The molecule has 3 N–H and O–H groups in total. The molecule has 266 valence electrons. The maximum Gasteiger partial charge on any atom is 0.272 e. The molecule has 0 saturated heterocycles. The van der Waals surface area contributed by atoms with Crippen LogP contribution in [0.25, 0.3) is 17.3 Å². The van der Waals surface area contributed by atoms with E-state index in [1.807, 2.05) is 121 Å². The van der Waals surface area contributed by atoms with Gasteiger partial charge < -0.3 is 25.6 Å². The second-order valence-electron chi connectivity index (χ2n) is 12.0. The van der Waals surface area contributed by atoms with Crippen LogP contribution < -0.4 is 25.6 Å². The number of nitrogens with zero attached hydrogens (tertiary/aromatic N) is 2. The predicted molar refractivity (Wildman–Crippen MR) is 215 cm³/mol. The van der Waals surface area contributed by atoms with Crippen LogP contribution in [0.4, 0.5) is 16.5 Å². The number of carbonyl (C=O) groups excluding carboxylic acids is 3. The van der Waals surface area contributed by atoms with Crippen molar-refractivity contribution in [1.29, 1.82) is 0 Å². The Morgan fingerprint density at radius 2 is 1.51 bits per heavy atom. The number of hydrogen-bond acceptors (Lipinski definition) is 8. The lowest BCUT2D eigenvalue weighted by atomic mass is 10.1. The van der Waals surface area contributed by atoms with Crippen LogP contribution in [-0.4, -0.2) is 43.9 Å². The van der Waals surface area contributed by atoms with E-state index in [-0.39, 0.29) is 11.6 Å². The van der Waals surface area contributed by atoms with Gasteiger partial charge in [-0.2, -0.15) is 0 Å². The number of benzene rings is 5. The minimum Gasteiger partial charge on any atom is -0.497 e. The number of nitrogens with one attached hydrogen (secondary N) is 3. The van der Waals surface area contributed by atoms with Crippen LogP contribution in [0.2, 0.25) is 0 Å². The number of aromatic nitrogens is 1. The van der Waals surface area contributed by atoms with Gasteiger partial charge in [-0.15, -0.1) is 23.1 Å². The minimum absolute atomic E-state index is 0.0773. The van der Waals surface area contributed by atoms with Crippen molar-refractivity contribution < 1.29 is 19.1 Å². The lowest BCUT2D eigenvalue weighted by molar-refractivity contribution is -0.116. The molecule has 0 radical (unpaired) electrons. The van der Waals surface area contributed by atoms with Crippen molar-refractivity contribution in [3.63, 3.8) is 0 Å². The lowest BCUT2D eigenvalue weighted by Gasteiger charge is -2.17. The zero-order valence-electron chi connectivity index (χ0n) is 29.3. The lowest BCUT2D eigenvalue weighted by Crippen LogP contribution is -2.30. The van der Waals surface area contributed by atoms with Gasteiger partial charge in [0.2, 0.25) is 5.91 Å². The molecule has 6 rings (SSSR count). The molecular weight excluding hydrogens is 703 g/mol. The van der Waals surface area contributed by atoms with E-state index >= 15 is 0 Å². The summed E-state index contributed by atoms with van der Waals surface area (Å²) >= 11 is 2.70. The molecular formula is C42H37N5O4S2. The van der Waals surface area contributed by atoms with Crippen LogP contribution in [0, 0.1) is 0 Å². The van der Waals surface area contributed by atoms with Gasteiger partial charge in [0, 0.05) is 46.9 Å². The Hall–Kier alpha value is -6.17. The molecule has 1 aromatic heterocycles. The average molecular weight is 740 g/mol. The third-order valence-electron chi connectivity index (χ3n) is 8.06. The Morgan fingerprint density at radius 1 is 0.811 bits per heavy atom. The van der Waals surface area contributed by atoms with E-state index < -0.39 is 17.1 Å². The molecule has 0 bridgehead atoms. The van der Waals surface area contributed by atoms with Crippen LogP contribution in [-0.2, 0) is 9.59 Å². The Labute approximate surface area is 316 Å². The SMILES string of the molecule is COc1ccc(-c2csc(NC(=O)C(Sc3cccc(NC(=O)/C(=C\c4ccc(N(C)C)cc4)NC(=O)c4ccccc4)c3)c3ccccc3)n2)cc1. The highest BCUT2D eigenvalue weighted by Gasteiger charge is 2.24. The first-order chi connectivity index (χ1) is 25.7.